The summed E-state index contributed by atoms with van der Waals surface area (Å²) in [6.45, 7) is 2.00. The van der Waals surface area contributed by atoms with Crippen LogP contribution in [-0.2, 0) is 9.84 Å². The van der Waals surface area contributed by atoms with Gasteiger partial charge in [-0.3, -0.25) is 0 Å². The van der Waals surface area contributed by atoms with Crippen LogP contribution in [0, 0.1) is 12.8 Å². The van der Waals surface area contributed by atoms with Crippen molar-refractivity contribution in [3.05, 3.63) is 27.7 Å². The zero-order valence-electron chi connectivity index (χ0n) is 10.8. The van der Waals surface area contributed by atoms with Gasteiger partial charge in [0.25, 0.3) is 0 Å². The lowest BCUT2D eigenvalue weighted by molar-refractivity contribution is 0.405. The molecule has 106 valence electrons. The van der Waals surface area contributed by atoms with Crippen LogP contribution in [0.5, 0.6) is 5.75 Å². The first-order valence-corrected chi connectivity index (χ1v) is 9.55. The van der Waals surface area contributed by atoms with E-state index in [4.69, 9.17) is 4.74 Å². The topological polar surface area (TPSA) is 43.4 Å². The molecule has 1 saturated heterocycles. The molecule has 1 aliphatic rings. The molecule has 1 aromatic rings. The second-order valence-electron chi connectivity index (χ2n) is 4.91. The average Bonchev–Trinajstić information content (AvgIpc) is 2.71. The minimum absolute atomic E-state index is 0.00313. The van der Waals surface area contributed by atoms with Crippen LogP contribution in [0.15, 0.2) is 16.6 Å². The van der Waals surface area contributed by atoms with Crippen molar-refractivity contribution in [3.63, 3.8) is 0 Å². The van der Waals surface area contributed by atoms with Crippen LogP contribution < -0.4 is 4.74 Å². The number of ether oxygens (including phenoxy) is 1. The molecule has 0 saturated carbocycles. The summed E-state index contributed by atoms with van der Waals surface area (Å²) in [5.74, 6) is 1.44. The first-order chi connectivity index (χ1) is 8.84. The van der Waals surface area contributed by atoms with Gasteiger partial charge < -0.3 is 4.74 Å². The van der Waals surface area contributed by atoms with E-state index in [1.165, 1.54) is 0 Å². The molecule has 1 aliphatic heterocycles. The Morgan fingerprint density at radius 2 is 2.11 bits per heavy atom. The number of rotatable bonds is 3. The lowest BCUT2D eigenvalue weighted by Gasteiger charge is -2.20. The molecular weight excluding hydrogens is 396 g/mol. The van der Waals surface area contributed by atoms with Crippen LogP contribution in [0.25, 0.3) is 0 Å². The highest BCUT2D eigenvalue weighted by atomic mass is 79.9. The first-order valence-electron chi connectivity index (χ1n) is 6.02. The summed E-state index contributed by atoms with van der Waals surface area (Å²) in [7, 11) is -1.23. The molecular formula is C13H16Br2O3S. The molecule has 0 aromatic heterocycles. The highest BCUT2D eigenvalue weighted by Gasteiger charge is 2.34. The molecule has 0 aliphatic carbocycles. The molecule has 0 N–H and O–H groups in total. The minimum Gasteiger partial charge on any atom is -0.496 e. The summed E-state index contributed by atoms with van der Waals surface area (Å²) in [5, 5.41) is 0. The SMILES string of the molecule is COc1cc(C)c(Br)cc1C(Br)C1CCS(=O)(=O)C1. The van der Waals surface area contributed by atoms with Crippen LogP contribution in [0.1, 0.15) is 22.4 Å². The molecule has 19 heavy (non-hydrogen) atoms. The number of alkyl halides is 1. The van der Waals surface area contributed by atoms with Gasteiger partial charge >= 0.3 is 0 Å². The van der Waals surface area contributed by atoms with Crippen molar-refractivity contribution in [1.82, 2.24) is 0 Å². The van der Waals surface area contributed by atoms with Crippen LogP contribution in [0.2, 0.25) is 0 Å². The molecule has 0 spiro atoms. The van der Waals surface area contributed by atoms with Crippen LogP contribution in [0.4, 0.5) is 0 Å². The van der Waals surface area contributed by atoms with Crippen molar-refractivity contribution in [2.24, 2.45) is 5.92 Å². The number of aryl methyl sites for hydroxylation is 1. The maximum absolute atomic E-state index is 11.6. The van der Waals surface area contributed by atoms with E-state index < -0.39 is 9.84 Å². The minimum atomic E-state index is -2.87. The van der Waals surface area contributed by atoms with Gasteiger partial charge in [-0.1, -0.05) is 31.9 Å². The van der Waals surface area contributed by atoms with Gasteiger partial charge in [-0.2, -0.15) is 0 Å². The average molecular weight is 412 g/mol. The maximum atomic E-state index is 11.6. The van der Waals surface area contributed by atoms with Crippen molar-refractivity contribution < 1.29 is 13.2 Å². The van der Waals surface area contributed by atoms with Gasteiger partial charge in [0, 0.05) is 14.9 Å². The summed E-state index contributed by atoms with van der Waals surface area (Å²) in [6.07, 6.45) is 0.701. The maximum Gasteiger partial charge on any atom is 0.150 e. The lowest BCUT2D eigenvalue weighted by Crippen LogP contribution is -2.11. The Bertz CT molecular complexity index is 584. The number of methoxy groups -OCH3 is 1. The number of hydrogen-bond donors (Lipinski definition) is 0. The van der Waals surface area contributed by atoms with Gasteiger partial charge in [0.1, 0.15) is 5.75 Å². The van der Waals surface area contributed by atoms with Crippen LogP contribution >= 0.6 is 31.9 Å². The van der Waals surface area contributed by atoms with E-state index in [-0.39, 0.29) is 22.3 Å². The van der Waals surface area contributed by atoms with E-state index >= 15 is 0 Å². The quantitative estimate of drug-likeness (QED) is 0.713. The molecule has 2 rings (SSSR count). The summed E-state index contributed by atoms with van der Waals surface area (Å²) in [4.78, 5) is -0.00313. The number of halogens is 2. The second kappa shape index (κ2) is 5.74. The Kier molecular flexibility index (Phi) is 4.63. The van der Waals surface area contributed by atoms with Crippen LogP contribution in [0.3, 0.4) is 0 Å². The fourth-order valence-electron chi connectivity index (χ4n) is 2.37. The molecule has 1 fully saturated rings. The Morgan fingerprint density at radius 3 is 2.63 bits per heavy atom. The van der Waals surface area contributed by atoms with E-state index in [2.05, 4.69) is 31.9 Å². The zero-order valence-corrected chi connectivity index (χ0v) is 14.8. The van der Waals surface area contributed by atoms with Gasteiger partial charge in [-0.05, 0) is 37.0 Å². The van der Waals surface area contributed by atoms with Crippen molar-refractivity contribution in [2.75, 3.05) is 18.6 Å². The zero-order chi connectivity index (χ0) is 14.2. The van der Waals surface area contributed by atoms with Crippen molar-refractivity contribution in [2.45, 2.75) is 18.2 Å². The molecule has 1 heterocycles. The molecule has 0 radical (unpaired) electrons. The summed E-state index contributed by atoms with van der Waals surface area (Å²) in [5.41, 5.74) is 2.10. The Balaban J connectivity index is 2.33. The molecule has 6 heteroatoms. The standard InChI is InChI=1S/C13H16Br2O3S/c1-8-5-12(18-2)10(6-11(8)14)13(15)9-3-4-19(16,17)7-9/h5-6,9,13H,3-4,7H2,1-2H3. The fraction of sp³-hybridized carbons (Fsp3) is 0.538. The summed E-state index contributed by atoms with van der Waals surface area (Å²) >= 11 is 7.16. The number of benzene rings is 1. The van der Waals surface area contributed by atoms with E-state index in [0.717, 1.165) is 21.3 Å². The van der Waals surface area contributed by atoms with Gasteiger partial charge in [0.2, 0.25) is 0 Å². The predicted molar refractivity (Wildman–Crippen MR) is 83.9 cm³/mol. The Labute approximate surface area is 130 Å². The van der Waals surface area contributed by atoms with Gasteiger partial charge in [-0.25, -0.2) is 8.42 Å². The Hall–Kier alpha value is -0.0700. The van der Waals surface area contributed by atoms with E-state index in [1.807, 2.05) is 19.1 Å². The fourth-order valence-corrected chi connectivity index (χ4v) is 5.63. The van der Waals surface area contributed by atoms with Gasteiger partial charge in [-0.15, -0.1) is 0 Å². The lowest BCUT2D eigenvalue weighted by atomic mass is 9.97. The monoisotopic (exact) mass is 410 g/mol. The van der Waals surface area contributed by atoms with E-state index in [9.17, 15) is 8.42 Å². The highest BCUT2D eigenvalue weighted by Crippen LogP contribution is 2.43. The molecule has 0 bridgehead atoms. The number of sulfone groups is 1. The van der Waals surface area contributed by atoms with Crippen molar-refractivity contribution in [3.8, 4) is 5.75 Å². The smallest absolute Gasteiger partial charge is 0.150 e. The largest absolute Gasteiger partial charge is 0.496 e. The van der Waals surface area contributed by atoms with Crippen molar-refractivity contribution >= 4 is 41.7 Å². The number of hydrogen-bond acceptors (Lipinski definition) is 3. The Morgan fingerprint density at radius 1 is 1.42 bits per heavy atom. The molecule has 1 aromatic carbocycles. The molecule has 3 nitrogen and oxygen atoms in total. The van der Waals surface area contributed by atoms with E-state index in [0.29, 0.717) is 6.42 Å². The normalized spacial score (nSPS) is 23.3. The predicted octanol–water partition coefficient (Wildman–Crippen LogP) is 3.64. The molecule has 0 amide bonds. The van der Waals surface area contributed by atoms with Crippen LogP contribution in [-0.4, -0.2) is 27.0 Å². The third kappa shape index (κ3) is 3.34. The van der Waals surface area contributed by atoms with E-state index in [1.54, 1.807) is 7.11 Å². The summed E-state index contributed by atoms with van der Waals surface area (Å²) < 4.78 is 29.6. The summed E-state index contributed by atoms with van der Waals surface area (Å²) in [6, 6.07) is 3.98. The third-order valence-corrected chi connectivity index (χ3v) is 7.38. The second-order valence-corrected chi connectivity index (χ2v) is 8.98. The third-order valence-electron chi connectivity index (χ3n) is 3.49. The van der Waals surface area contributed by atoms with Crippen molar-refractivity contribution in [1.29, 1.82) is 0 Å². The van der Waals surface area contributed by atoms with Gasteiger partial charge in [0.05, 0.1) is 18.6 Å². The van der Waals surface area contributed by atoms with Gasteiger partial charge in [0.15, 0.2) is 9.84 Å². The molecule has 2 atom stereocenters. The first kappa shape index (κ1) is 15.3. The molecule has 2 unspecified atom stereocenters. The highest BCUT2D eigenvalue weighted by molar-refractivity contribution is 9.10.